The molecule has 0 spiro atoms. The molecule has 0 atom stereocenters. The molecule has 1 aromatic carbocycles. The average molecular weight is 308 g/mol. The largest absolute Gasteiger partial charge is 0.379 e. The van der Waals surface area contributed by atoms with Gasteiger partial charge in [-0.3, -0.25) is 4.68 Å². The molecule has 0 saturated heterocycles. The van der Waals surface area contributed by atoms with Crippen LogP contribution in [0.2, 0.25) is 0 Å². The summed E-state index contributed by atoms with van der Waals surface area (Å²) in [5.41, 5.74) is 4.68. The second-order valence-corrected chi connectivity index (χ2v) is 5.17. The Morgan fingerprint density at radius 1 is 1.28 bits per heavy atom. The third kappa shape index (κ3) is 2.75. The lowest BCUT2D eigenvalue weighted by molar-refractivity contribution is 0.712. The molecule has 0 radical (unpaired) electrons. The lowest BCUT2D eigenvalue weighted by Crippen LogP contribution is -2.06. The summed E-state index contributed by atoms with van der Waals surface area (Å²) in [5.74, 6) is 0. The van der Waals surface area contributed by atoms with E-state index in [1.165, 1.54) is 5.56 Å². The first-order valence-electron chi connectivity index (χ1n) is 6.12. The lowest BCUT2D eigenvalue weighted by atomic mass is 10.1. The van der Waals surface area contributed by atoms with E-state index in [1.54, 1.807) is 0 Å². The van der Waals surface area contributed by atoms with Crippen molar-refractivity contribution in [1.82, 2.24) is 9.78 Å². The normalized spacial score (nSPS) is 10.7. The molecule has 0 aliphatic rings. The number of rotatable bonds is 4. The highest BCUT2D eigenvalue weighted by Crippen LogP contribution is 2.21. The molecule has 0 fully saturated rings. The van der Waals surface area contributed by atoms with E-state index in [2.05, 4.69) is 57.5 Å². The van der Waals surface area contributed by atoms with Crippen molar-refractivity contribution in [3.8, 4) is 0 Å². The standard InChI is InChI=1S/C14H18BrN3/c1-4-11-5-7-12(8-6-11)16-9-13-14(15)10(2)17-18(13)3/h5-8,16H,4,9H2,1-3H3. The van der Waals surface area contributed by atoms with Crippen LogP contribution in [0.1, 0.15) is 23.9 Å². The maximum Gasteiger partial charge on any atom is 0.0739 e. The van der Waals surface area contributed by atoms with Gasteiger partial charge in [-0.15, -0.1) is 0 Å². The molecule has 1 heterocycles. The Labute approximate surface area is 116 Å². The Morgan fingerprint density at radius 2 is 1.94 bits per heavy atom. The maximum atomic E-state index is 4.38. The summed E-state index contributed by atoms with van der Waals surface area (Å²) in [6.07, 6.45) is 1.08. The highest BCUT2D eigenvalue weighted by atomic mass is 79.9. The van der Waals surface area contributed by atoms with Gasteiger partial charge < -0.3 is 5.32 Å². The number of hydrogen-bond donors (Lipinski definition) is 1. The van der Waals surface area contributed by atoms with E-state index in [-0.39, 0.29) is 0 Å². The van der Waals surface area contributed by atoms with E-state index in [1.807, 2.05) is 18.7 Å². The SMILES string of the molecule is CCc1ccc(NCc2c(Br)c(C)nn2C)cc1. The van der Waals surface area contributed by atoms with Gasteiger partial charge in [0.05, 0.1) is 22.4 Å². The van der Waals surface area contributed by atoms with Gasteiger partial charge in [-0.2, -0.15) is 5.10 Å². The lowest BCUT2D eigenvalue weighted by Gasteiger charge is -2.08. The molecular formula is C14H18BrN3. The van der Waals surface area contributed by atoms with E-state index in [4.69, 9.17) is 0 Å². The molecule has 96 valence electrons. The predicted octanol–water partition coefficient (Wildman–Crippen LogP) is 3.67. The molecule has 3 nitrogen and oxygen atoms in total. The van der Waals surface area contributed by atoms with Crippen LogP contribution in [0.5, 0.6) is 0 Å². The molecule has 0 bridgehead atoms. The second-order valence-electron chi connectivity index (χ2n) is 4.37. The molecule has 0 saturated carbocycles. The van der Waals surface area contributed by atoms with Gasteiger partial charge in [0.15, 0.2) is 0 Å². The van der Waals surface area contributed by atoms with Crippen molar-refractivity contribution in [2.75, 3.05) is 5.32 Å². The summed E-state index contributed by atoms with van der Waals surface area (Å²) >= 11 is 3.57. The Hall–Kier alpha value is -1.29. The number of aromatic nitrogens is 2. The average Bonchev–Trinajstić information content (AvgIpc) is 2.62. The van der Waals surface area contributed by atoms with Crippen LogP contribution in [0.25, 0.3) is 0 Å². The van der Waals surface area contributed by atoms with Crippen LogP contribution in [-0.2, 0) is 20.0 Å². The van der Waals surface area contributed by atoms with Crippen LogP contribution < -0.4 is 5.32 Å². The van der Waals surface area contributed by atoms with Crippen molar-refractivity contribution in [2.24, 2.45) is 7.05 Å². The molecule has 0 aliphatic carbocycles. The number of nitrogens with one attached hydrogen (secondary N) is 1. The molecule has 18 heavy (non-hydrogen) atoms. The van der Waals surface area contributed by atoms with E-state index in [0.29, 0.717) is 0 Å². The summed E-state index contributed by atoms with van der Waals surface area (Å²) < 4.78 is 3.00. The van der Waals surface area contributed by atoms with Crippen molar-refractivity contribution in [3.05, 3.63) is 45.7 Å². The van der Waals surface area contributed by atoms with E-state index in [0.717, 1.165) is 34.5 Å². The number of hydrogen-bond acceptors (Lipinski definition) is 2. The van der Waals surface area contributed by atoms with Gasteiger partial charge in [0, 0.05) is 12.7 Å². The quantitative estimate of drug-likeness (QED) is 0.934. The van der Waals surface area contributed by atoms with E-state index >= 15 is 0 Å². The zero-order chi connectivity index (χ0) is 13.1. The predicted molar refractivity (Wildman–Crippen MR) is 78.8 cm³/mol. The fourth-order valence-electron chi connectivity index (χ4n) is 1.92. The number of benzene rings is 1. The zero-order valence-electron chi connectivity index (χ0n) is 11.0. The third-order valence-electron chi connectivity index (χ3n) is 3.08. The Balaban J connectivity index is 2.06. The van der Waals surface area contributed by atoms with Crippen LogP contribution in [0.15, 0.2) is 28.7 Å². The van der Waals surface area contributed by atoms with Gasteiger partial charge >= 0.3 is 0 Å². The minimum Gasteiger partial charge on any atom is -0.379 e. The number of anilines is 1. The van der Waals surface area contributed by atoms with Crippen LogP contribution in [0.4, 0.5) is 5.69 Å². The second kappa shape index (κ2) is 5.57. The summed E-state index contributed by atoms with van der Waals surface area (Å²) in [6.45, 7) is 4.94. The monoisotopic (exact) mass is 307 g/mol. The Bertz CT molecular complexity index is 529. The fourth-order valence-corrected chi connectivity index (χ4v) is 2.39. The number of halogens is 1. The number of nitrogens with zero attached hydrogens (tertiary/aromatic N) is 2. The molecule has 0 unspecified atom stereocenters. The summed E-state index contributed by atoms with van der Waals surface area (Å²) in [6, 6.07) is 8.56. The Morgan fingerprint density at radius 3 is 2.44 bits per heavy atom. The molecular weight excluding hydrogens is 290 g/mol. The number of aryl methyl sites for hydroxylation is 3. The molecule has 2 aromatic rings. The van der Waals surface area contributed by atoms with Crippen molar-refractivity contribution in [1.29, 1.82) is 0 Å². The van der Waals surface area contributed by atoms with E-state index in [9.17, 15) is 0 Å². The van der Waals surface area contributed by atoms with Gasteiger partial charge in [0.1, 0.15) is 0 Å². The molecule has 4 heteroatoms. The van der Waals surface area contributed by atoms with Crippen LogP contribution in [-0.4, -0.2) is 9.78 Å². The van der Waals surface area contributed by atoms with Gasteiger partial charge in [-0.1, -0.05) is 19.1 Å². The van der Waals surface area contributed by atoms with Crippen molar-refractivity contribution in [3.63, 3.8) is 0 Å². The highest BCUT2D eigenvalue weighted by molar-refractivity contribution is 9.10. The van der Waals surface area contributed by atoms with E-state index < -0.39 is 0 Å². The van der Waals surface area contributed by atoms with Gasteiger partial charge in [0.25, 0.3) is 0 Å². The smallest absolute Gasteiger partial charge is 0.0739 e. The van der Waals surface area contributed by atoms with Gasteiger partial charge in [-0.25, -0.2) is 0 Å². The van der Waals surface area contributed by atoms with Crippen LogP contribution in [0.3, 0.4) is 0 Å². The van der Waals surface area contributed by atoms with Crippen molar-refractivity contribution >= 4 is 21.6 Å². The van der Waals surface area contributed by atoms with Crippen molar-refractivity contribution in [2.45, 2.75) is 26.8 Å². The van der Waals surface area contributed by atoms with Crippen LogP contribution in [0, 0.1) is 6.92 Å². The molecule has 1 N–H and O–H groups in total. The first-order chi connectivity index (χ1) is 8.61. The zero-order valence-corrected chi connectivity index (χ0v) is 12.6. The Kier molecular flexibility index (Phi) is 4.07. The maximum absolute atomic E-state index is 4.38. The topological polar surface area (TPSA) is 29.9 Å². The molecule has 1 aromatic heterocycles. The van der Waals surface area contributed by atoms with Crippen LogP contribution >= 0.6 is 15.9 Å². The molecule has 2 rings (SSSR count). The molecule has 0 aliphatic heterocycles. The summed E-state index contributed by atoms with van der Waals surface area (Å²) in [5, 5.41) is 7.80. The fraction of sp³-hybridized carbons (Fsp3) is 0.357. The summed E-state index contributed by atoms with van der Waals surface area (Å²) in [4.78, 5) is 0. The minimum absolute atomic E-state index is 0.767. The summed E-state index contributed by atoms with van der Waals surface area (Å²) in [7, 11) is 1.97. The minimum atomic E-state index is 0.767. The first-order valence-corrected chi connectivity index (χ1v) is 6.92. The van der Waals surface area contributed by atoms with Crippen molar-refractivity contribution < 1.29 is 0 Å². The first kappa shape index (κ1) is 13.1. The third-order valence-corrected chi connectivity index (χ3v) is 4.12. The van der Waals surface area contributed by atoms with Gasteiger partial charge in [-0.05, 0) is 47.0 Å². The highest BCUT2D eigenvalue weighted by Gasteiger charge is 2.09. The molecule has 0 amide bonds. The van der Waals surface area contributed by atoms with Gasteiger partial charge in [0.2, 0.25) is 0 Å².